The Morgan fingerprint density at radius 3 is 2.58 bits per heavy atom. The van der Waals surface area contributed by atoms with E-state index in [9.17, 15) is 14.4 Å². The Hall–Kier alpha value is -2.57. The fourth-order valence-electron chi connectivity index (χ4n) is 2.61. The fraction of sp³-hybridized carbons (Fsp3) is 0.471. The van der Waals surface area contributed by atoms with Gasteiger partial charge in [0.2, 0.25) is 5.91 Å². The number of hydrogen-bond donors (Lipinski definition) is 3. The minimum absolute atomic E-state index is 0.0165. The van der Waals surface area contributed by atoms with E-state index in [2.05, 4.69) is 10.6 Å². The zero-order chi connectivity index (χ0) is 17.1. The molecular weight excluding hydrogens is 312 g/mol. The topological polar surface area (TPSA) is 105 Å². The highest BCUT2D eigenvalue weighted by atomic mass is 16.5. The molecule has 0 bridgehead atoms. The Morgan fingerprint density at radius 1 is 1.17 bits per heavy atom. The molecule has 2 aliphatic carbocycles. The van der Waals surface area contributed by atoms with E-state index < -0.39 is 5.97 Å². The molecule has 0 aliphatic heterocycles. The second kappa shape index (κ2) is 6.90. The molecule has 0 aromatic heterocycles. The van der Waals surface area contributed by atoms with Gasteiger partial charge in [-0.15, -0.1) is 0 Å². The summed E-state index contributed by atoms with van der Waals surface area (Å²) in [5, 5.41) is 14.4. The summed E-state index contributed by atoms with van der Waals surface area (Å²) in [7, 11) is 0. The number of ether oxygens (including phenoxy) is 1. The van der Waals surface area contributed by atoms with E-state index in [1.54, 1.807) is 24.3 Å². The average Bonchev–Trinajstić information content (AvgIpc) is 3.33. The number of carboxylic acids is 1. The van der Waals surface area contributed by atoms with E-state index in [0.717, 1.165) is 12.8 Å². The van der Waals surface area contributed by atoms with Crippen molar-refractivity contribution in [2.45, 2.75) is 31.7 Å². The number of carboxylic acid groups (broad SMARTS) is 1. The number of carbonyl (C=O) groups excluding carboxylic acids is 2. The molecule has 24 heavy (non-hydrogen) atoms. The first-order chi connectivity index (χ1) is 11.5. The minimum Gasteiger partial charge on any atom is -0.484 e. The first-order valence-corrected chi connectivity index (χ1v) is 8.07. The quantitative estimate of drug-likeness (QED) is 0.700. The second-order valence-corrected chi connectivity index (χ2v) is 6.35. The summed E-state index contributed by atoms with van der Waals surface area (Å²) in [5.41, 5.74) is 0.646. The third kappa shape index (κ3) is 4.24. The molecule has 128 valence electrons. The number of rotatable bonds is 7. The smallest absolute Gasteiger partial charge is 0.306 e. The number of nitrogens with one attached hydrogen (secondary N) is 2. The first-order valence-electron chi connectivity index (χ1n) is 8.07. The van der Waals surface area contributed by atoms with Crippen LogP contribution in [0, 0.1) is 11.8 Å². The highest BCUT2D eigenvalue weighted by molar-refractivity contribution is 5.94. The summed E-state index contributed by atoms with van der Waals surface area (Å²) in [6.45, 7) is -0.145. The Kier molecular flexibility index (Phi) is 4.69. The molecule has 2 fully saturated rings. The van der Waals surface area contributed by atoms with Crippen molar-refractivity contribution in [1.82, 2.24) is 5.32 Å². The molecule has 2 saturated carbocycles. The van der Waals surface area contributed by atoms with Crippen molar-refractivity contribution in [2.75, 3.05) is 11.9 Å². The lowest BCUT2D eigenvalue weighted by Crippen LogP contribution is -2.48. The van der Waals surface area contributed by atoms with Crippen LogP contribution in [0.5, 0.6) is 5.75 Å². The molecule has 2 amide bonds. The Labute approximate surface area is 139 Å². The molecule has 1 aromatic rings. The maximum absolute atomic E-state index is 11.8. The minimum atomic E-state index is -0.818. The van der Waals surface area contributed by atoms with Crippen LogP contribution in [0.3, 0.4) is 0 Å². The summed E-state index contributed by atoms with van der Waals surface area (Å²) in [6, 6.07) is 6.82. The molecule has 0 atom stereocenters. The van der Waals surface area contributed by atoms with Gasteiger partial charge in [0.05, 0.1) is 5.92 Å². The van der Waals surface area contributed by atoms with Gasteiger partial charge in [-0.2, -0.15) is 0 Å². The Morgan fingerprint density at radius 2 is 1.92 bits per heavy atom. The van der Waals surface area contributed by atoms with E-state index in [-0.39, 0.29) is 36.3 Å². The summed E-state index contributed by atoms with van der Waals surface area (Å²) in [5.74, 6) is -0.822. The van der Waals surface area contributed by atoms with Gasteiger partial charge in [-0.25, -0.2) is 0 Å². The predicted octanol–water partition coefficient (Wildman–Crippen LogP) is 1.39. The largest absolute Gasteiger partial charge is 0.484 e. The van der Waals surface area contributed by atoms with Crippen molar-refractivity contribution in [3.63, 3.8) is 0 Å². The normalized spacial score (nSPS) is 22.2. The van der Waals surface area contributed by atoms with E-state index in [1.165, 1.54) is 0 Å². The van der Waals surface area contributed by atoms with Crippen LogP contribution in [-0.2, 0) is 14.4 Å². The number of benzene rings is 1. The first kappa shape index (κ1) is 16.3. The lowest BCUT2D eigenvalue weighted by Gasteiger charge is -2.32. The Balaban J connectivity index is 1.42. The van der Waals surface area contributed by atoms with Gasteiger partial charge in [0, 0.05) is 23.7 Å². The maximum Gasteiger partial charge on any atom is 0.306 e. The third-order valence-corrected chi connectivity index (χ3v) is 4.27. The zero-order valence-electron chi connectivity index (χ0n) is 13.2. The van der Waals surface area contributed by atoms with Crippen LogP contribution in [-0.4, -0.2) is 35.5 Å². The van der Waals surface area contributed by atoms with Crippen molar-refractivity contribution >= 4 is 23.5 Å². The van der Waals surface area contributed by atoms with Crippen molar-refractivity contribution in [3.05, 3.63) is 24.3 Å². The van der Waals surface area contributed by atoms with E-state index in [4.69, 9.17) is 9.84 Å². The number of hydrogen-bond acceptors (Lipinski definition) is 4. The van der Waals surface area contributed by atoms with Gasteiger partial charge < -0.3 is 20.5 Å². The lowest BCUT2D eigenvalue weighted by atomic mass is 9.80. The van der Waals surface area contributed by atoms with Gasteiger partial charge in [0.25, 0.3) is 5.91 Å². The SMILES string of the molecule is O=C(COc1cccc(NC(=O)C2CC2)c1)NC1CC(C(=O)O)C1. The van der Waals surface area contributed by atoms with Crippen LogP contribution in [0.1, 0.15) is 25.7 Å². The molecular formula is C17H20N2O5. The van der Waals surface area contributed by atoms with E-state index in [1.807, 2.05) is 0 Å². The van der Waals surface area contributed by atoms with Gasteiger partial charge in [0.1, 0.15) is 5.75 Å². The third-order valence-electron chi connectivity index (χ3n) is 4.27. The molecule has 7 heteroatoms. The van der Waals surface area contributed by atoms with E-state index in [0.29, 0.717) is 24.3 Å². The van der Waals surface area contributed by atoms with Crippen LogP contribution in [0.2, 0.25) is 0 Å². The molecule has 3 N–H and O–H groups in total. The summed E-state index contributed by atoms with van der Waals surface area (Å²) < 4.78 is 5.43. The number of amides is 2. The molecule has 0 unspecified atom stereocenters. The predicted molar refractivity (Wildman–Crippen MR) is 85.6 cm³/mol. The molecule has 3 rings (SSSR count). The van der Waals surface area contributed by atoms with Crippen LogP contribution in [0.4, 0.5) is 5.69 Å². The van der Waals surface area contributed by atoms with Gasteiger partial charge in [0.15, 0.2) is 6.61 Å². The molecule has 7 nitrogen and oxygen atoms in total. The van der Waals surface area contributed by atoms with Crippen LogP contribution in [0.25, 0.3) is 0 Å². The van der Waals surface area contributed by atoms with Crippen LogP contribution < -0.4 is 15.4 Å². The van der Waals surface area contributed by atoms with Crippen LogP contribution in [0.15, 0.2) is 24.3 Å². The molecule has 0 spiro atoms. The summed E-state index contributed by atoms with van der Waals surface area (Å²) in [4.78, 5) is 34.2. The molecule has 0 radical (unpaired) electrons. The second-order valence-electron chi connectivity index (χ2n) is 6.35. The number of aliphatic carboxylic acids is 1. The average molecular weight is 332 g/mol. The van der Waals surface area contributed by atoms with Gasteiger partial charge in [-0.3, -0.25) is 14.4 Å². The van der Waals surface area contributed by atoms with Crippen molar-refractivity contribution in [1.29, 1.82) is 0 Å². The van der Waals surface area contributed by atoms with Crippen molar-refractivity contribution in [2.24, 2.45) is 11.8 Å². The number of anilines is 1. The summed E-state index contributed by atoms with van der Waals surface area (Å²) in [6.07, 6.45) is 2.80. The highest BCUT2D eigenvalue weighted by Gasteiger charge is 2.35. The molecule has 1 aromatic carbocycles. The van der Waals surface area contributed by atoms with Gasteiger partial charge >= 0.3 is 5.97 Å². The number of carbonyl (C=O) groups is 3. The van der Waals surface area contributed by atoms with Crippen LogP contribution >= 0.6 is 0 Å². The Bertz CT molecular complexity index is 650. The lowest BCUT2D eigenvalue weighted by molar-refractivity contribution is -0.146. The molecule has 2 aliphatic rings. The molecule has 0 heterocycles. The van der Waals surface area contributed by atoms with Crippen molar-refractivity contribution in [3.8, 4) is 5.75 Å². The van der Waals surface area contributed by atoms with Gasteiger partial charge in [-0.05, 0) is 37.8 Å². The summed E-state index contributed by atoms with van der Waals surface area (Å²) >= 11 is 0. The monoisotopic (exact) mass is 332 g/mol. The standard InChI is InChI=1S/C17H20N2O5/c20-15(18-13-6-11(7-13)17(22)23)9-24-14-3-1-2-12(8-14)19-16(21)10-4-5-10/h1-3,8,10-11,13H,4-7,9H2,(H,18,20)(H,19,21)(H,22,23). The van der Waals surface area contributed by atoms with Crippen molar-refractivity contribution < 1.29 is 24.2 Å². The fourth-order valence-corrected chi connectivity index (χ4v) is 2.61. The maximum atomic E-state index is 11.8. The van der Waals surface area contributed by atoms with Gasteiger partial charge in [-0.1, -0.05) is 6.07 Å². The van der Waals surface area contributed by atoms with E-state index >= 15 is 0 Å². The highest BCUT2D eigenvalue weighted by Crippen LogP contribution is 2.30. The zero-order valence-corrected chi connectivity index (χ0v) is 13.2. The molecule has 0 saturated heterocycles.